The predicted octanol–water partition coefficient (Wildman–Crippen LogP) is 1.25. The molecule has 146 valence electrons. The number of carbonyl (C=O) groups is 3. The van der Waals surface area contributed by atoms with Crippen molar-refractivity contribution in [3.8, 4) is 0 Å². The van der Waals surface area contributed by atoms with Gasteiger partial charge >= 0.3 is 0 Å². The molecule has 0 bridgehead atoms. The van der Waals surface area contributed by atoms with E-state index < -0.39 is 12.1 Å². The van der Waals surface area contributed by atoms with Crippen molar-refractivity contribution in [3.63, 3.8) is 0 Å². The van der Waals surface area contributed by atoms with Gasteiger partial charge in [0.1, 0.15) is 17.9 Å². The Kier molecular flexibility index (Phi) is 4.85. The first-order valence-electron chi connectivity index (χ1n) is 9.21. The lowest BCUT2D eigenvalue weighted by molar-refractivity contribution is -0.151. The number of benzene rings is 1. The minimum Gasteiger partial charge on any atom is -0.459 e. The molecule has 28 heavy (non-hydrogen) atoms. The molecule has 3 atom stereocenters. The van der Waals surface area contributed by atoms with E-state index >= 15 is 0 Å². The summed E-state index contributed by atoms with van der Waals surface area (Å²) < 4.78 is 18.1. The molecule has 2 fully saturated rings. The number of carbonyl (C=O) groups excluding carboxylic acids is 3. The van der Waals surface area contributed by atoms with Crippen LogP contribution in [0.5, 0.6) is 0 Å². The highest BCUT2D eigenvalue weighted by molar-refractivity contribution is 5.97. The Labute approximate surface area is 160 Å². The number of fused-ring (bicyclic) bond motifs is 1. The quantitative estimate of drug-likeness (QED) is 0.829. The lowest BCUT2D eigenvalue weighted by Crippen LogP contribution is -2.67. The Morgan fingerprint density at radius 3 is 2.75 bits per heavy atom. The van der Waals surface area contributed by atoms with Gasteiger partial charge in [0.25, 0.3) is 5.91 Å². The number of piperidine rings is 1. The second-order valence-corrected chi connectivity index (χ2v) is 7.11. The smallest absolute Gasteiger partial charge is 0.287 e. The van der Waals surface area contributed by atoms with Gasteiger partial charge < -0.3 is 20.0 Å². The first-order valence-corrected chi connectivity index (χ1v) is 9.21. The fraction of sp³-hybridized carbons (Fsp3) is 0.350. The van der Waals surface area contributed by atoms with Gasteiger partial charge in [0.15, 0.2) is 5.76 Å². The van der Waals surface area contributed by atoms with E-state index in [4.69, 9.17) is 4.42 Å². The minimum absolute atomic E-state index is 0.148. The zero-order chi connectivity index (χ0) is 19.7. The van der Waals surface area contributed by atoms with Crippen molar-refractivity contribution in [2.45, 2.75) is 37.4 Å². The van der Waals surface area contributed by atoms with E-state index in [1.54, 1.807) is 29.2 Å². The Balaban J connectivity index is 1.40. The first-order chi connectivity index (χ1) is 13.5. The molecule has 0 saturated carbocycles. The van der Waals surface area contributed by atoms with E-state index in [2.05, 4.69) is 10.6 Å². The number of nitrogens with zero attached hydrogens (tertiary/aromatic N) is 1. The molecule has 2 N–H and O–H groups in total. The van der Waals surface area contributed by atoms with Gasteiger partial charge in [0.2, 0.25) is 11.8 Å². The second kappa shape index (κ2) is 7.46. The lowest BCUT2D eigenvalue weighted by Gasteiger charge is -2.44. The summed E-state index contributed by atoms with van der Waals surface area (Å²) in [7, 11) is 0. The molecule has 0 aliphatic carbocycles. The van der Waals surface area contributed by atoms with Crippen molar-refractivity contribution in [2.75, 3.05) is 6.54 Å². The molecule has 7 nitrogen and oxygen atoms in total. The predicted molar refractivity (Wildman–Crippen MR) is 96.7 cm³/mol. The molecule has 0 unspecified atom stereocenters. The molecule has 1 aromatic carbocycles. The molecule has 2 aliphatic rings. The number of furan rings is 1. The van der Waals surface area contributed by atoms with Crippen LogP contribution in [0.2, 0.25) is 0 Å². The highest BCUT2D eigenvalue weighted by atomic mass is 19.1. The molecule has 3 amide bonds. The number of hydrogen-bond acceptors (Lipinski definition) is 4. The van der Waals surface area contributed by atoms with Gasteiger partial charge in [0.05, 0.1) is 6.26 Å². The van der Waals surface area contributed by atoms with E-state index in [0.717, 1.165) is 5.56 Å². The third kappa shape index (κ3) is 3.62. The number of nitrogens with one attached hydrogen (secondary N) is 2. The average molecular weight is 385 g/mol. The van der Waals surface area contributed by atoms with E-state index in [9.17, 15) is 18.8 Å². The average Bonchev–Trinajstić information content (AvgIpc) is 3.23. The van der Waals surface area contributed by atoms with Crippen molar-refractivity contribution in [1.29, 1.82) is 0 Å². The zero-order valence-electron chi connectivity index (χ0n) is 15.1. The molecule has 8 heteroatoms. The summed E-state index contributed by atoms with van der Waals surface area (Å²) in [5.41, 5.74) is 0.777. The molecule has 1 aromatic heterocycles. The monoisotopic (exact) mass is 385 g/mol. The zero-order valence-corrected chi connectivity index (χ0v) is 15.1. The summed E-state index contributed by atoms with van der Waals surface area (Å²) in [5.74, 6) is -0.846. The topological polar surface area (TPSA) is 91.7 Å². The number of rotatable bonds is 4. The Hall–Kier alpha value is -3.16. The lowest BCUT2D eigenvalue weighted by atomic mass is 9.91. The van der Waals surface area contributed by atoms with Crippen LogP contribution < -0.4 is 10.6 Å². The van der Waals surface area contributed by atoms with Crippen molar-refractivity contribution >= 4 is 17.7 Å². The highest BCUT2D eigenvalue weighted by Gasteiger charge is 2.44. The van der Waals surface area contributed by atoms with Crippen LogP contribution in [0.4, 0.5) is 4.39 Å². The van der Waals surface area contributed by atoms with Gasteiger partial charge in [-0.3, -0.25) is 14.4 Å². The standard InChI is InChI=1S/C20H20FN3O4/c21-13-5-3-12(4-6-13)10-15-20(27)24-8-7-14(11-16(24)18(25)23-15)22-19(26)17-2-1-9-28-17/h1-6,9,14-16H,7-8,10-11H2,(H,22,26)(H,23,25)/t14-,15-,16-/m0/s1. The van der Waals surface area contributed by atoms with Crippen molar-refractivity contribution in [3.05, 3.63) is 59.8 Å². The fourth-order valence-corrected chi connectivity index (χ4v) is 3.80. The van der Waals surface area contributed by atoms with Crippen molar-refractivity contribution in [1.82, 2.24) is 15.5 Å². The molecule has 2 aromatic rings. The second-order valence-electron chi connectivity index (χ2n) is 7.11. The van der Waals surface area contributed by atoms with E-state index in [1.807, 2.05) is 0 Å². The minimum atomic E-state index is -0.663. The van der Waals surface area contributed by atoms with E-state index in [1.165, 1.54) is 18.4 Å². The Morgan fingerprint density at radius 1 is 1.25 bits per heavy atom. The Bertz CT molecular complexity index is 881. The molecule has 0 radical (unpaired) electrons. The summed E-state index contributed by atoms with van der Waals surface area (Å²) in [5, 5.41) is 5.63. The maximum atomic E-state index is 13.1. The van der Waals surface area contributed by atoms with E-state index in [0.29, 0.717) is 25.8 Å². The summed E-state index contributed by atoms with van der Waals surface area (Å²) >= 11 is 0. The van der Waals surface area contributed by atoms with Crippen LogP contribution in [0.1, 0.15) is 29.0 Å². The molecule has 2 aliphatic heterocycles. The maximum absolute atomic E-state index is 13.1. The third-order valence-corrected chi connectivity index (χ3v) is 5.24. The number of piperazine rings is 1. The molecular formula is C20H20FN3O4. The van der Waals surface area contributed by atoms with Crippen LogP contribution in [0, 0.1) is 5.82 Å². The summed E-state index contributed by atoms with van der Waals surface area (Å²) in [6.07, 6.45) is 2.65. The summed E-state index contributed by atoms with van der Waals surface area (Å²) in [4.78, 5) is 39.2. The number of halogens is 1. The highest BCUT2D eigenvalue weighted by Crippen LogP contribution is 2.24. The fourth-order valence-electron chi connectivity index (χ4n) is 3.80. The SMILES string of the molecule is O=C(N[C@H]1CCN2C(=O)[C@H](Cc3ccc(F)cc3)NC(=O)[C@@H]2C1)c1ccco1. The normalized spacial score (nSPS) is 24.5. The molecular weight excluding hydrogens is 365 g/mol. The van der Waals surface area contributed by atoms with Crippen LogP contribution in [0.25, 0.3) is 0 Å². The number of amides is 3. The first kappa shape index (κ1) is 18.2. The van der Waals surface area contributed by atoms with Crippen LogP contribution in [-0.4, -0.2) is 47.3 Å². The van der Waals surface area contributed by atoms with Crippen molar-refractivity contribution < 1.29 is 23.2 Å². The van der Waals surface area contributed by atoms with Gasteiger partial charge in [-0.1, -0.05) is 12.1 Å². The summed E-state index contributed by atoms with van der Waals surface area (Å²) in [6.45, 7) is 0.389. The van der Waals surface area contributed by atoms with Gasteiger partial charge in [-0.25, -0.2) is 4.39 Å². The Morgan fingerprint density at radius 2 is 2.04 bits per heavy atom. The molecule has 0 spiro atoms. The summed E-state index contributed by atoms with van der Waals surface area (Å²) in [6, 6.07) is 7.60. The van der Waals surface area contributed by atoms with Gasteiger partial charge in [-0.2, -0.15) is 0 Å². The van der Waals surface area contributed by atoms with Gasteiger partial charge in [0, 0.05) is 19.0 Å². The van der Waals surface area contributed by atoms with Crippen LogP contribution in [-0.2, 0) is 16.0 Å². The molecule has 3 heterocycles. The largest absolute Gasteiger partial charge is 0.459 e. The molecule has 2 saturated heterocycles. The van der Waals surface area contributed by atoms with Crippen molar-refractivity contribution in [2.24, 2.45) is 0 Å². The van der Waals surface area contributed by atoms with Crippen LogP contribution in [0.3, 0.4) is 0 Å². The van der Waals surface area contributed by atoms with Gasteiger partial charge in [-0.15, -0.1) is 0 Å². The van der Waals surface area contributed by atoms with Gasteiger partial charge in [-0.05, 0) is 42.7 Å². The third-order valence-electron chi connectivity index (χ3n) is 5.24. The maximum Gasteiger partial charge on any atom is 0.287 e. The van der Waals surface area contributed by atoms with Crippen LogP contribution in [0.15, 0.2) is 47.1 Å². The van der Waals surface area contributed by atoms with E-state index in [-0.39, 0.29) is 35.3 Å². The molecule has 4 rings (SSSR count). The van der Waals surface area contributed by atoms with Crippen LogP contribution >= 0.6 is 0 Å². The number of hydrogen-bond donors (Lipinski definition) is 2.